The van der Waals surface area contributed by atoms with Gasteiger partial charge in [0.1, 0.15) is 17.2 Å². The number of piperidine rings is 1. The number of esters is 3. The van der Waals surface area contributed by atoms with Crippen LogP contribution in [0.3, 0.4) is 0 Å². The van der Waals surface area contributed by atoms with E-state index in [1.54, 1.807) is 14.0 Å². The summed E-state index contributed by atoms with van der Waals surface area (Å²) in [6, 6.07) is 17.1. The Bertz CT molecular complexity index is 3090. The summed E-state index contributed by atoms with van der Waals surface area (Å²) < 4.78 is 24.6. The molecule has 5 aromatic rings. The zero-order valence-corrected chi connectivity index (χ0v) is 43.6. The SMILES string of the molecule is CCOC(=O)[C@H](Cc1c[nH]c2ccccc12)NC(=O)[C@@]1(O)[C@H](OC(C)=O)[C@]2(CC)C=CCN3CC[C@@]4(c5cc([C@@]6(C(=O)OC)C[C@H]7CN(CCc8c6[nH]c6ccccc86)C[C@](O)(CC)C7)c(OC)cc5N(C)[C@@H]14)[C@@H]32. The third-order valence-electron chi connectivity index (χ3n) is 18.4. The van der Waals surface area contributed by atoms with Crippen LogP contribution in [0.1, 0.15) is 87.7 Å². The third kappa shape index (κ3) is 7.13. The summed E-state index contributed by atoms with van der Waals surface area (Å²) >= 11 is 0. The molecule has 3 aromatic carbocycles. The molecular formula is C58H70N6O10. The van der Waals surface area contributed by atoms with Crippen LogP contribution in [0.4, 0.5) is 5.69 Å². The summed E-state index contributed by atoms with van der Waals surface area (Å²) in [7, 11) is 4.86. The van der Waals surface area contributed by atoms with Gasteiger partial charge in [-0.2, -0.15) is 0 Å². The average Bonchev–Trinajstić information content (AvgIpc) is 4.27. The molecule has 1 aliphatic carbocycles. The molecule has 6 aliphatic rings. The standard InChI is InChI=1S/C58H70N6O10/c1-8-54(69)29-35-30-57(53(68)72-7,47-39(20-24-63(32-35)33-54)38-17-12-14-19-43(38)60-47)41-27-40-45(28-46(41)71-6)62(5)50-56(40)22-25-64-23-15-21-55(9-2,49(56)64)51(74-34(4)65)58(50,70)52(67)61-44(48(66)73-10-3)26-36-31-59-42-18-13-11-16-37(36)42/h11-19,21,27-28,31,35,44,49-51,59-60,69-70H,8-10,20,22-26,29-30,32-33H2,1-7H3,(H,61,67)/t35-,44-,49-,50+,51+,54-,55+,56+,57-,58-/m0/s1. The van der Waals surface area contributed by atoms with Gasteiger partial charge in [-0.05, 0) is 92.8 Å². The summed E-state index contributed by atoms with van der Waals surface area (Å²) in [5.74, 6) is -2.44. The van der Waals surface area contributed by atoms with E-state index >= 15 is 9.59 Å². The highest BCUT2D eigenvalue weighted by molar-refractivity contribution is 5.96. The first-order valence-corrected chi connectivity index (χ1v) is 26.5. The van der Waals surface area contributed by atoms with E-state index in [0.29, 0.717) is 87.5 Å². The Labute approximate surface area is 431 Å². The normalized spacial score (nSPS) is 32.3. The first kappa shape index (κ1) is 50.0. The molecule has 392 valence electrons. The van der Waals surface area contributed by atoms with Crippen molar-refractivity contribution >= 4 is 51.3 Å². The van der Waals surface area contributed by atoms with Crippen molar-refractivity contribution in [3.63, 3.8) is 0 Å². The van der Waals surface area contributed by atoms with E-state index in [1.807, 2.05) is 92.7 Å². The number of carbonyl (C=O) groups excluding carboxylic acids is 4. The zero-order chi connectivity index (χ0) is 52.1. The van der Waals surface area contributed by atoms with Crippen LogP contribution in [0.5, 0.6) is 5.75 Å². The van der Waals surface area contributed by atoms with Gasteiger partial charge in [-0.3, -0.25) is 24.2 Å². The molecule has 1 spiro atoms. The van der Waals surface area contributed by atoms with Crippen LogP contribution in [-0.4, -0.2) is 150 Å². The van der Waals surface area contributed by atoms with Crippen LogP contribution in [0.2, 0.25) is 0 Å². The number of hydrogen-bond acceptors (Lipinski definition) is 13. The molecule has 74 heavy (non-hydrogen) atoms. The van der Waals surface area contributed by atoms with E-state index < -0.39 is 75.5 Å². The molecule has 16 heteroatoms. The second kappa shape index (κ2) is 18.3. The minimum Gasteiger partial charge on any atom is -0.496 e. The summed E-state index contributed by atoms with van der Waals surface area (Å²) in [4.78, 5) is 73.1. The van der Waals surface area contributed by atoms with E-state index in [4.69, 9.17) is 18.9 Å². The molecule has 5 N–H and O–H groups in total. The number of anilines is 1. The number of carbonyl (C=O) groups is 4. The lowest BCUT2D eigenvalue weighted by molar-refractivity contribution is -0.218. The maximum Gasteiger partial charge on any atom is 0.328 e. The van der Waals surface area contributed by atoms with Crippen molar-refractivity contribution in [2.75, 3.05) is 65.5 Å². The molecule has 2 saturated heterocycles. The molecule has 7 heterocycles. The molecule has 5 aliphatic heterocycles. The first-order chi connectivity index (χ1) is 35.6. The summed E-state index contributed by atoms with van der Waals surface area (Å²) in [5.41, 5.74) is -0.922. The number of H-pyrrole nitrogens is 2. The predicted octanol–water partition coefficient (Wildman–Crippen LogP) is 5.59. The first-order valence-electron chi connectivity index (χ1n) is 26.5. The van der Waals surface area contributed by atoms with E-state index in [1.165, 1.54) is 14.0 Å². The Morgan fingerprint density at radius 3 is 2.39 bits per heavy atom. The van der Waals surface area contributed by atoms with Crippen LogP contribution in [0.25, 0.3) is 21.8 Å². The highest BCUT2D eigenvalue weighted by Crippen LogP contribution is 2.68. The largest absolute Gasteiger partial charge is 0.496 e. The number of rotatable bonds is 12. The maximum atomic E-state index is 16.0. The molecule has 1 saturated carbocycles. The molecule has 2 aromatic heterocycles. The van der Waals surface area contributed by atoms with Crippen LogP contribution in [0.15, 0.2) is 79.0 Å². The van der Waals surface area contributed by atoms with Gasteiger partial charge in [-0.15, -0.1) is 0 Å². The second-order valence-corrected chi connectivity index (χ2v) is 22.1. The number of amides is 1. The zero-order valence-electron chi connectivity index (χ0n) is 43.6. The number of hydrogen-bond donors (Lipinski definition) is 5. The Morgan fingerprint density at radius 2 is 1.68 bits per heavy atom. The summed E-state index contributed by atoms with van der Waals surface area (Å²) in [6.07, 6.45) is 7.27. The molecule has 0 radical (unpaired) electrons. The fourth-order valence-electron chi connectivity index (χ4n) is 15.6. The molecule has 11 rings (SSSR count). The van der Waals surface area contributed by atoms with E-state index in [9.17, 15) is 19.8 Å². The van der Waals surface area contributed by atoms with Gasteiger partial charge in [0.15, 0.2) is 6.10 Å². The number of aromatic amines is 2. The highest BCUT2D eigenvalue weighted by Gasteiger charge is 2.80. The quantitative estimate of drug-likeness (QED) is 0.0590. The van der Waals surface area contributed by atoms with Crippen molar-refractivity contribution in [3.8, 4) is 5.75 Å². The fourth-order valence-corrected chi connectivity index (χ4v) is 15.6. The summed E-state index contributed by atoms with van der Waals surface area (Å²) in [6.45, 7) is 10.1. The molecule has 16 nitrogen and oxygen atoms in total. The minimum absolute atomic E-state index is 0.0460. The number of para-hydroxylation sites is 2. The van der Waals surface area contributed by atoms with Crippen molar-refractivity contribution in [1.82, 2.24) is 25.1 Å². The number of aromatic nitrogens is 2. The lowest BCUT2D eigenvalue weighted by Crippen LogP contribution is -2.82. The molecule has 3 fully saturated rings. The Hall–Kier alpha value is -6.20. The van der Waals surface area contributed by atoms with Crippen molar-refractivity contribution < 1.29 is 48.3 Å². The molecular weight excluding hydrogens is 941 g/mol. The molecule has 2 bridgehead atoms. The number of benzene rings is 3. The number of aliphatic hydroxyl groups is 2. The number of methoxy groups -OCH3 is 2. The van der Waals surface area contributed by atoms with Gasteiger partial charge in [0.2, 0.25) is 5.60 Å². The number of ether oxygens (including phenoxy) is 4. The molecule has 1 unspecified atom stereocenters. The van der Waals surface area contributed by atoms with Gasteiger partial charge in [-0.25, -0.2) is 4.79 Å². The van der Waals surface area contributed by atoms with E-state index in [2.05, 4.69) is 37.2 Å². The van der Waals surface area contributed by atoms with Crippen molar-refractivity contribution in [1.29, 1.82) is 0 Å². The van der Waals surface area contributed by atoms with Gasteiger partial charge >= 0.3 is 17.9 Å². The summed E-state index contributed by atoms with van der Waals surface area (Å²) in [5, 5.41) is 31.3. The maximum absolute atomic E-state index is 16.0. The average molecular weight is 1010 g/mol. The van der Waals surface area contributed by atoms with Crippen LogP contribution >= 0.6 is 0 Å². The van der Waals surface area contributed by atoms with Gasteiger partial charge in [0, 0.05) is 114 Å². The van der Waals surface area contributed by atoms with E-state index in [-0.39, 0.29) is 25.4 Å². The van der Waals surface area contributed by atoms with Gasteiger partial charge in [0.05, 0.1) is 32.5 Å². The Balaban J connectivity index is 1.14. The second-order valence-electron chi connectivity index (χ2n) is 22.1. The van der Waals surface area contributed by atoms with Crippen LogP contribution in [0, 0.1) is 11.3 Å². The van der Waals surface area contributed by atoms with Crippen LogP contribution < -0.4 is 15.0 Å². The fraction of sp³-hybridized carbons (Fsp3) is 0.517. The van der Waals surface area contributed by atoms with Gasteiger partial charge in [-0.1, -0.05) is 62.4 Å². The van der Waals surface area contributed by atoms with Crippen LogP contribution in [-0.2, 0) is 57.1 Å². The van der Waals surface area contributed by atoms with Crippen molar-refractivity contribution in [3.05, 3.63) is 107 Å². The smallest absolute Gasteiger partial charge is 0.328 e. The monoisotopic (exact) mass is 1010 g/mol. The highest BCUT2D eigenvalue weighted by atomic mass is 16.6. The Morgan fingerprint density at radius 1 is 0.919 bits per heavy atom. The molecule has 11 atom stereocenters. The van der Waals surface area contributed by atoms with E-state index in [0.717, 1.165) is 38.5 Å². The van der Waals surface area contributed by atoms with Crippen molar-refractivity contribution in [2.24, 2.45) is 11.3 Å². The predicted molar refractivity (Wildman–Crippen MR) is 279 cm³/mol. The van der Waals surface area contributed by atoms with Gasteiger partial charge < -0.3 is 49.3 Å². The van der Waals surface area contributed by atoms with Crippen molar-refractivity contribution in [2.45, 2.75) is 119 Å². The van der Waals surface area contributed by atoms with Gasteiger partial charge in [0.25, 0.3) is 5.91 Å². The lowest BCUT2D eigenvalue weighted by atomic mass is 9.47. The topological polar surface area (TPSA) is 199 Å². The Kier molecular flexibility index (Phi) is 12.3. The number of likely N-dealkylation sites (N-methyl/N-ethyl adjacent to an activating group) is 1. The third-order valence-corrected chi connectivity index (χ3v) is 18.4. The minimum atomic E-state index is -2.51. The lowest BCUT2D eigenvalue weighted by Gasteiger charge is -2.64. The number of nitrogens with zero attached hydrogens (tertiary/aromatic N) is 3. The molecule has 1 amide bonds. The number of fused-ring (bicyclic) bond motifs is 7. The number of nitrogens with one attached hydrogen (secondary N) is 3.